The van der Waals surface area contributed by atoms with Crippen molar-refractivity contribution in [2.75, 3.05) is 25.4 Å². The molecule has 40 heavy (non-hydrogen) atoms. The number of benzene rings is 2. The number of aromatic amines is 1. The van der Waals surface area contributed by atoms with Gasteiger partial charge in [0.1, 0.15) is 0 Å². The molecule has 1 aromatic heterocycles. The van der Waals surface area contributed by atoms with Crippen molar-refractivity contribution in [2.24, 2.45) is 5.73 Å². The molecular weight excluding hydrogens is 530 g/mol. The summed E-state index contributed by atoms with van der Waals surface area (Å²) in [5.41, 5.74) is 11.5. The van der Waals surface area contributed by atoms with Crippen molar-refractivity contribution in [2.45, 2.75) is 45.0 Å². The van der Waals surface area contributed by atoms with Gasteiger partial charge in [-0.1, -0.05) is 54.6 Å². The molecule has 0 bridgehead atoms. The quantitative estimate of drug-likeness (QED) is 0.153. The minimum atomic E-state index is -4.84. The number of H-pyrrole nitrogens is 1. The Labute approximate surface area is 230 Å². The van der Waals surface area contributed by atoms with Crippen molar-refractivity contribution < 1.29 is 26.3 Å². The first-order valence-corrected chi connectivity index (χ1v) is 12.8. The van der Waals surface area contributed by atoms with Gasteiger partial charge < -0.3 is 21.8 Å². The fraction of sp³-hybridized carbons (Fsp3) is 0.333. The summed E-state index contributed by atoms with van der Waals surface area (Å²) in [6.07, 6.45) is 0.656. The van der Waals surface area contributed by atoms with E-state index in [1.807, 2.05) is 13.0 Å². The highest BCUT2D eigenvalue weighted by molar-refractivity contribution is 5.46. The molecule has 0 saturated carbocycles. The predicted octanol–water partition coefficient (Wildman–Crippen LogP) is 5.66. The summed E-state index contributed by atoms with van der Waals surface area (Å²) < 4.78 is 72.7. The molecule has 0 aliphatic rings. The third-order valence-corrected chi connectivity index (χ3v) is 6.20. The lowest BCUT2D eigenvalue weighted by Gasteiger charge is -2.16. The molecule has 0 spiro atoms. The van der Waals surface area contributed by atoms with Crippen LogP contribution in [0.5, 0.6) is 0 Å². The van der Waals surface area contributed by atoms with E-state index < -0.39 is 29.2 Å². The van der Waals surface area contributed by atoms with Crippen LogP contribution in [0, 0.1) is 6.92 Å². The third kappa shape index (κ3) is 10.2. The molecule has 0 aliphatic carbocycles. The molecule has 6 N–H and O–H groups in total. The Bertz CT molecular complexity index is 1320. The Morgan fingerprint density at radius 2 is 1.65 bits per heavy atom. The average Bonchev–Trinajstić information content (AvgIpc) is 3.22. The van der Waals surface area contributed by atoms with Crippen LogP contribution < -0.4 is 27.4 Å². The lowest BCUT2D eigenvalue weighted by molar-refractivity contribution is -0.143. The monoisotopic (exact) mass is 566 g/mol. The summed E-state index contributed by atoms with van der Waals surface area (Å²) in [5, 5.41) is 5.74. The first kappa shape index (κ1) is 32.7. The molecule has 0 radical (unpaired) electrons. The molecule has 3 rings (SSSR count). The summed E-state index contributed by atoms with van der Waals surface area (Å²) in [7, 11) is 0. The molecule has 0 amide bonds. The molecule has 4 nitrogen and oxygen atoms in total. The summed E-state index contributed by atoms with van der Waals surface area (Å²) >= 11 is 0. The fourth-order valence-electron chi connectivity index (χ4n) is 4.08. The van der Waals surface area contributed by atoms with E-state index in [2.05, 4.69) is 66.4 Å². The molecule has 1 atom stereocenters. The number of alkyl halides is 6. The highest BCUT2D eigenvalue weighted by Crippen LogP contribution is 2.36. The van der Waals surface area contributed by atoms with Crippen LogP contribution in [0.2, 0.25) is 0 Å². The van der Waals surface area contributed by atoms with Gasteiger partial charge in [0.15, 0.2) is 0 Å². The van der Waals surface area contributed by atoms with E-state index in [1.54, 1.807) is 0 Å². The Kier molecular flexibility index (Phi) is 12.1. The molecule has 10 heteroatoms. The Morgan fingerprint density at radius 3 is 2.20 bits per heavy atom. The first-order valence-electron chi connectivity index (χ1n) is 12.8. The highest BCUT2D eigenvalue weighted by Gasteiger charge is 2.36. The van der Waals surface area contributed by atoms with Gasteiger partial charge in [0, 0.05) is 22.5 Å². The maximum atomic E-state index is 12.1. The Balaban J connectivity index is 0.000000319. The zero-order valence-corrected chi connectivity index (χ0v) is 22.6. The summed E-state index contributed by atoms with van der Waals surface area (Å²) in [4.78, 5) is 3.22. The molecule has 1 heterocycles. The number of nitrogens with one attached hydrogen (secondary N) is 2. The van der Waals surface area contributed by atoms with Gasteiger partial charge in [-0.2, -0.15) is 26.3 Å². The molecule has 3 aromatic rings. The van der Waals surface area contributed by atoms with Gasteiger partial charge >= 0.3 is 12.4 Å². The van der Waals surface area contributed by atoms with E-state index in [0.717, 1.165) is 31.3 Å². The zero-order valence-electron chi connectivity index (χ0n) is 22.6. The second kappa shape index (κ2) is 14.8. The second-order valence-corrected chi connectivity index (χ2v) is 9.37. The minimum Gasteiger partial charge on any atom is -0.399 e. The van der Waals surface area contributed by atoms with Crippen LogP contribution in [0.15, 0.2) is 60.8 Å². The first-order chi connectivity index (χ1) is 18.8. The SMILES string of the molecule is C=c1[nH]cc(CCNCCC(CN)c2cccc(C)c2)/c1=C/C=C\C.Nc1cc(C(F)(F)F)cc(C(F)(F)F)c1. The number of halogens is 6. The maximum absolute atomic E-state index is 12.1. The number of hydrogen-bond donors (Lipinski definition) is 4. The lowest BCUT2D eigenvalue weighted by Crippen LogP contribution is -2.27. The molecule has 0 saturated heterocycles. The number of anilines is 1. The van der Waals surface area contributed by atoms with Gasteiger partial charge in [-0.25, -0.2) is 0 Å². The van der Waals surface area contributed by atoms with Crippen molar-refractivity contribution in [3.8, 4) is 0 Å². The molecular formula is C30H36F6N4. The Hall–Kier alpha value is -3.50. The van der Waals surface area contributed by atoms with E-state index >= 15 is 0 Å². The van der Waals surface area contributed by atoms with E-state index in [1.165, 1.54) is 21.9 Å². The average molecular weight is 567 g/mol. The van der Waals surface area contributed by atoms with Crippen LogP contribution in [-0.4, -0.2) is 24.6 Å². The second-order valence-electron chi connectivity index (χ2n) is 9.37. The summed E-state index contributed by atoms with van der Waals surface area (Å²) in [6, 6.07) is 9.61. The molecule has 0 aliphatic heterocycles. The van der Waals surface area contributed by atoms with Crippen molar-refractivity contribution in [3.63, 3.8) is 0 Å². The number of rotatable bonds is 9. The fourth-order valence-corrected chi connectivity index (χ4v) is 4.08. The number of allylic oxidation sites excluding steroid dienone is 2. The van der Waals surface area contributed by atoms with Crippen LogP contribution >= 0.6 is 0 Å². The zero-order chi connectivity index (χ0) is 29.9. The number of nitrogens with two attached hydrogens (primary N) is 2. The number of nitrogen functional groups attached to an aromatic ring is 1. The van der Waals surface area contributed by atoms with Gasteiger partial charge in [0.05, 0.1) is 11.1 Å². The largest absolute Gasteiger partial charge is 0.416 e. The minimum absolute atomic E-state index is 0.0242. The highest BCUT2D eigenvalue weighted by atomic mass is 19.4. The van der Waals surface area contributed by atoms with Crippen LogP contribution in [0.3, 0.4) is 0 Å². The number of aromatic nitrogens is 1. The Morgan fingerprint density at radius 1 is 1.00 bits per heavy atom. The topological polar surface area (TPSA) is 79.9 Å². The van der Waals surface area contributed by atoms with Crippen LogP contribution in [0.4, 0.5) is 32.0 Å². The van der Waals surface area contributed by atoms with E-state index in [4.69, 9.17) is 11.5 Å². The van der Waals surface area contributed by atoms with Crippen LogP contribution in [0.25, 0.3) is 12.7 Å². The lowest BCUT2D eigenvalue weighted by atomic mass is 9.94. The maximum Gasteiger partial charge on any atom is 0.416 e. The molecule has 0 fully saturated rings. The van der Waals surface area contributed by atoms with Crippen molar-refractivity contribution in [1.29, 1.82) is 0 Å². The van der Waals surface area contributed by atoms with Crippen LogP contribution in [-0.2, 0) is 18.8 Å². The predicted molar refractivity (Wildman–Crippen MR) is 150 cm³/mol. The van der Waals surface area contributed by atoms with E-state index in [0.29, 0.717) is 24.6 Å². The smallest absolute Gasteiger partial charge is 0.399 e. The van der Waals surface area contributed by atoms with Crippen molar-refractivity contribution in [3.05, 3.63) is 99.2 Å². The van der Waals surface area contributed by atoms with Gasteiger partial charge in [0.2, 0.25) is 0 Å². The molecule has 2 aromatic carbocycles. The van der Waals surface area contributed by atoms with Crippen molar-refractivity contribution in [1.82, 2.24) is 10.3 Å². The normalized spacial score (nSPS) is 13.4. The van der Waals surface area contributed by atoms with Gasteiger partial charge in [-0.05, 0) is 81.6 Å². The number of hydrogen-bond acceptors (Lipinski definition) is 3. The molecule has 1 unspecified atom stereocenters. The number of aryl methyl sites for hydroxylation is 1. The summed E-state index contributed by atoms with van der Waals surface area (Å²) in [5.74, 6) is 0.421. The standard InChI is InChI=1S/C22H31N3.C8H5F6N/c1-4-5-9-22-18(3)25-16-21(22)11-13-24-12-10-20(15-23)19-8-6-7-17(2)14-19;9-7(10,11)4-1-5(8(12,13)14)3-6(15)2-4/h4-9,14,16,20,24-25H,3,10-13,15,23H2,1-2H3;1-3H,15H2/b5-4-,22-9+;. The van der Waals surface area contributed by atoms with E-state index in [-0.39, 0.29) is 6.07 Å². The summed E-state index contributed by atoms with van der Waals surface area (Å²) in [6.45, 7) is 10.8. The van der Waals surface area contributed by atoms with E-state index in [9.17, 15) is 26.3 Å². The third-order valence-electron chi connectivity index (χ3n) is 6.20. The van der Waals surface area contributed by atoms with Crippen LogP contribution in [0.1, 0.15) is 47.1 Å². The molecule has 218 valence electrons. The van der Waals surface area contributed by atoms with Crippen molar-refractivity contribution >= 4 is 18.3 Å². The van der Waals surface area contributed by atoms with Gasteiger partial charge in [-0.15, -0.1) is 0 Å². The van der Waals surface area contributed by atoms with Gasteiger partial charge in [0.25, 0.3) is 0 Å². The van der Waals surface area contributed by atoms with Gasteiger partial charge in [-0.3, -0.25) is 0 Å².